The number of aromatic amines is 1. The lowest BCUT2D eigenvalue weighted by atomic mass is 9.99. The van der Waals surface area contributed by atoms with Gasteiger partial charge in [-0.2, -0.15) is 0 Å². The van der Waals surface area contributed by atoms with Crippen LogP contribution in [0.3, 0.4) is 0 Å². The fraction of sp³-hybridized carbons (Fsp3) is 0.556. The van der Waals surface area contributed by atoms with E-state index in [-0.39, 0.29) is 5.91 Å². The van der Waals surface area contributed by atoms with Gasteiger partial charge in [0.25, 0.3) is 0 Å². The van der Waals surface area contributed by atoms with Gasteiger partial charge in [-0.3, -0.25) is 4.79 Å². The third kappa shape index (κ3) is 2.16. The summed E-state index contributed by atoms with van der Waals surface area (Å²) >= 11 is 0. The predicted octanol–water partition coefficient (Wildman–Crippen LogP) is -0.856. The monoisotopic (exact) mass is 210 g/mol. The zero-order valence-electron chi connectivity index (χ0n) is 8.32. The van der Waals surface area contributed by atoms with Crippen LogP contribution in [0.2, 0.25) is 0 Å². The van der Waals surface area contributed by atoms with Gasteiger partial charge in [0.2, 0.25) is 5.91 Å². The van der Waals surface area contributed by atoms with Gasteiger partial charge < -0.3 is 20.8 Å². The fourth-order valence-corrected chi connectivity index (χ4v) is 1.49. The summed E-state index contributed by atoms with van der Waals surface area (Å²) in [5, 5.41) is 2.75. The Morgan fingerprint density at radius 1 is 1.80 bits per heavy atom. The Morgan fingerprint density at radius 2 is 2.67 bits per heavy atom. The van der Waals surface area contributed by atoms with Crippen LogP contribution in [-0.4, -0.2) is 34.6 Å². The van der Waals surface area contributed by atoms with E-state index in [2.05, 4.69) is 15.3 Å². The lowest BCUT2D eigenvalue weighted by Gasteiger charge is -2.20. The SMILES string of the molecule is NC1(C(=O)NCc2cnc[nH]2)CCOC1. The Kier molecular flexibility index (Phi) is 2.70. The summed E-state index contributed by atoms with van der Waals surface area (Å²) in [5.41, 5.74) is 5.87. The van der Waals surface area contributed by atoms with Crippen LogP contribution in [-0.2, 0) is 16.1 Å². The van der Waals surface area contributed by atoms with Gasteiger partial charge in [-0.15, -0.1) is 0 Å². The highest BCUT2D eigenvalue weighted by Crippen LogP contribution is 2.15. The van der Waals surface area contributed by atoms with E-state index in [0.717, 1.165) is 5.69 Å². The van der Waals surface area contributed by atoms with E-state index in [1.54, 1.807) is 12.5 Å². The average molecular weight is 210 g/mol. The normalized spacial score (nSPS) is 25.4. The number of hydrogen-bond acceptors (Lipinski definition) is 4. The Balaban J connectivity index is 1.87. The summed E-state index contributed by atoms with van der Waals surface area (Å²) in [6.07, 6.45) is 3.80. The lowest BCUT2D eigenvalue weighted by Crippen LogP contribution is -2.54. The molecule has 4 N–H and O–H groups in total. The van der Waals surface area contributed by atoms with E-state index in [1.807, 2.05) is 0 Å². The number of ether oxygens (including phenoxy) is 1. The first-order valence-electron chi connectivity index (χ1n) is 4.83. The second-order valence-electron chi connectivity index (χ2n) is 3.72. The number of carbonyl (C=O) groups excluding carboxylic acids is 1. The zero-order chi connectivity index (χ0) is 10.7. The topological polar surface area (TPSA) is 93.0 Å². The quantitative estimate of drug-likeness (QED) is 0.605. The molecule has 6 nitrogen and oxygen atoms in total. The summed E-state index contributed by atoms with van der Waals surface area (Å²) < 4.78 is 5.11. The van der Waals surface area contributed by atoms with E-state index in [9.17, 15) is 4.79 Å². The number of nitrogens with one attached hydrogen (secondary N) is 2. The molecule has 1 aliphatic rings. The minimum Gasteiger partial charge on any atom is -0.379 e. The van der Waals surface area contributed by atoms with Gasteiger partial charge in [0.15, 0.2) is 0 Å². The molecule has 1 aromatic rings. The first-order chi connectivity index (χ1) is 7.21. The van der Waals surface area contributed by atoms with Crippen molar-refractivity contribution in [1.29, 1.82) is 0 Å². The van der Waals surface area contributed by atoms with Crippen LogP contribution in [0, 0.1) is 0 Å². The molecule has 0 spiro atoms. The molecule has 1 atom stereocenters. The summed E-state index contributed by atoms with van der Waals surface area (Å²) in [6.45, 7) is 1.26. The number of aromatic nitrogens is 2. The minimum atomic E-state index is -0.861. The molecule has 6 heteroatoms. The van der Waals surface area contributed by atoms with Crippen LogP contribution in [0.25, 0.3) is 0 Å². The standard InChI is InChI=1S/C9H14N4O2/c10-9(1-2-15-5-9)8(14)12-4-7-3-11-6-13-7/h3,6H,1-2,4-5,10H2,(H,11,13)(H,12,14). The van der Waals surface area contributed by atoms with Crippen LogP contribution in [0.5, 0.6) is 0 Å². The number of nitrogens with zero attached hydrogens (tertiary/aromatic N) is 1. The molecular formula is C9H14N4O2. The van der Waals surface area contributed by atoms with Gasteiger partial charge in [0.05, 0.1) is 25.2 Å². The molecule has 0 bridgehead atoms. The van der Waals surface area contributed by atoms with Crippen LogP contribution in [0.1, 0.15) is 12.1 Å². The molecule has 1 aromatic heterocycles. The molecule has 0 aromatic carbocycles. The van der Waals surface area contributed by atoms with Gasteiger partial charge in [0, 0.05) is 12.8 Å². The smallest absolute Gasteiger partial charge is 0.242 e. The molecule has 1 saturated heterocycles. The summed E-state index contributed by atoms with van der Waals surface area (Å²) in [6, 6.07) is 0. The summed E-state index contributed by atoms with van der Waals surface area (Å²) in [5.74, 6) is -0.172. The third-order valence-corrected chi connectivity index (χ3v) is 2.50. The molecule has 0 radical (unpaired) electrons. The number of amides is 1. The van der Waals surface area contributed by atoms with Crippen molar-refractivity contribution in [2.75, 3.05) is 13.2 Å². The number of hydrogen-bond donors (Lipinski definition) is 3. The summed E-state index contributed by atoms with van der Waals surface area (Å²) in [4.78, 5) is 18.5. The lowest BCUT2D eigenvalue weighted by molar-refractivity contribution is -0.126. The molecule has 82 valence electrons. The Hall–Kier alpha value is -1.40. The van der Waals surface area contributed by atoms with Crippen molar-refractivity contribution in [3.8, 4) is 0 Å². The Morgan fingerprint density at radius 3 is 3.27 bits per heavy atom. The molecule has 15 heavy (non-hydrogen) atoms. The van der Waals surface area contributed by atoms with Gasteiger partial charge in [-0.25, -0.2) is 4.98 Å². The first-order valence-corrected chi connectivity index (χ1v) is 4.83. The van der Waals surface area contributed by atoms with Gasteiger partial charge >= 0.3 is 0 Å². The number of rotatable bonds is 3. The zero-order valence-corrected chi connectivity index (χ0v) is 8.32. The maximum Gasteiger partial charge on any atom is 0.242 e. The van der Waals surface area contributed by atoms with Crippen molar-refractivity contribution >= 4 is 5.91 Å². The van der Waals surface area contributed by atoms with E-state index in [1.165, 1.54) is 0 Å². The Labute approximate surface area is 87.2 Å². The minimum absolute atomic E-state index is 0.172. The number of imidazole rings is 1. The third-order valence-electron chi connectivity index (χ3n) is 2.50. The number of carbonyl (C=O) groups is 1. The molecule has 2 heterocycles. The highest BCUT2D eigenvalue weighted by molar-refractivity contribution is 5.86. The van der Waals surface area contributed by atoms with Crippen molar-refractivity contribution in [1.82, 2.24) is 15.3 Å². The van der Waals surface area contributed by atoms with Gasteiger partial charge in [-0.05, 0) is 6.42 Å². The molecule has 2 rings (SSSR count). The second kappa shape index (κ2) is 4.00. The van der Waals surface area contributed by atoms with E-state index < -0.39 is 5.54 Å². The van der Waals surface area contributed by atoms with Crippen molar-refractivity contribution in [2.24, 2.45) is 5.73 Å². The fourth-order valence-electron chi connectivity index (χ4n) is 1.49. The molecule has 0 saturated carbocycles. The predicted molar refractivity (Wildman–Crippen MR) is 52.8 cm³/mol. The largest absolute Gasteiger partial charge is 0.379 e. The molecule has 1 unspecified atom stereocenters. The molecular weight excluding hydrogens is 196 g/mol. The maximum atomic E-state index is 11.7. The highest BCUT2D eigenvalue weighted by atomic mass is 16.5. The first kappa shape index (κ1) is 10.1. The van der Waals surface area contributed by atoms with Crippen LogP contribution >= 0.6 is 0 Å². The van der Waals surface area contributed by atoms with E-state index in [0.29, 0.717) is 26.2 Å². The van der Waals surface area contributed by atoms with Crippen LogP contribution < -0.4 is 11.1 Å². The van der Waals surface area contributed by atoms with E-state index in [4.69, 9.17) is 10.5 Å². The number of nitrogens with two attached hydrogens (primary N) is 1. The van der Waals surface area contributed by atoms with Gasteiger partial charge in [0.1, 0.15) is 5.54 Å². The Bertz CT molecular complexity index is 330. The van der Waals surface area contributed by atoms with Crippen molar-refractivity contribution < 1.29 is 9.53 Å². The van der Waals surface area contributed by atoms with Crippen molar-refractivity contribution in [2.45, 2.75) is 18.5 Å². The number of H-pyrrole nitrogens is 1. The van der Waals surface area contributed by atoms with Crippen LogP contribution in [0.15, 0.2) is 12.5 Å². The maximum absolute atomic E-state index is 11.7. The summed E-state index contributed by atoms with van der Waals surface area (Å²) in [7, 11) is 0. The average Bonchev–Trinajstić information content (AvgIpc) is 2.85. The molecule has 1 fully saturated rings. The van der Waals surface area contributed by atoms with Crippen molar-refractivity contribution in [3.05, 3.63) is 18.2 Å². The molecule has 1 aliphatic heterocycles. The van der Waals surface area contributed by atoms with E-state index >= 15 is 0 Å². The second-order valence-corrected chi connectivity index (χ2v) is 3.72. The molecule has 1 amide bonds. The van der Waals surface area contributed by atoms with Gasteiger partial charge in [-0.1, -0.05) is 0 Å². The van der Waals surface area contributed by atoms with Crippen molar-refractivity contribution in [3.63, 3.8) is 0 Å². The van der Waals surface area contributed by atoms with Crippen LogP contribution in [0.4, 0.5) is 0 Å². The molecule has 0 aliphatic carbocycles. The highest BCUT2D eigenvalue weighted by Gasteiger charge is 2.37.